The summed E-state index contributed by atoms with van der Waals surface area (Å²) < 4.78 is 33.3. The van der Waals surface area contributed by atoms with Crippen molar-refractivity contribution < 1.29 is 42.7 Å². The second-order valence-electron chi connectivity index (χ2n) is 14.5. The van der Waals surface area contributed by atoms with Crippen LogP contribution in [0.25, 0.3) is 0 Å². The largest absolute Gasteiger partial charge is 0.480 e. The summed E-state index contributed by atoms with van der Waals surface area (Å²) >= 11 is 0. The predicted molar refractivity (Wildman–Crippen MR) is 212 cm³/mol. The number of esters is 1. The van der Waals surface area contributed by atoms with Crippen LogP contribution in [-0.4, -0.2) is 60.5 Å². The Hall–Kier alpha value is -1.29. The van der Waals surface area contributed by atoms with E-state index >= 15 is 0 Å². The van der Waals surface area contributed by atoms with Crippen molar-refractivity contribution in [2.24, 2.45) is 5.73 Å². The summed E-state index contributed by atoms with van der Waals surface area (Å²) in [6.45, 7) is 3.88. The van der Waals surface area contributed by atoms with Gasteiger partial charge in [0.15, 0.2) is 0 Å². The number of hydrogen-bond acceptors (Lipinski definition) is 8. The lowest BCUT2D eigenvalue weighted by atomic mass is 10.0. The van der Waals surface area contributed by atoms with E-state index in [2.05, 4.69) is 26.0 Å². The predicted octanol–water partition coefficient (Wildman–Crippen LogP) is 11.4. The molecule has 0 spiro atoms. The molecule has 0 amide bonds. The van der Waals surface area contributed by atoms with Gasteiger partial charge in [0.2, 0.25) is 0 Å². The van der Waals surface area contributed by atoms with Gasteiger partial charge in [0.25, 0.3) is 0 Å². The lowest BCUT2D eigenvalue weighted by Crippen LogP contribution is -2.34. The fourth-order valence-electron chi connectivity index (χ4n) is 5.95. The number of nitrogens with two attached hydrogens (primary N) is 1. The Labute approximate surface area is 318 Å². The van der Waals surface area contributed by atoms with Gasteiger partial charge in [-0.05, 0) is 38.5 Å². The molecule has 0 saturated carbocycles. The van der Waals surface area contributed by atoms with Gasteiger partial charge in [-0.1, -0.05) is 167 Å². The van der Waals surface area contributed by atoms with Crippen LogP contribution in [0.15, 0.2) is 12.2 Å². The van der Waals surface area contributed by atoms with Crippen molar-refractivity contribution in [2.45, 2.75) is 212 Å². The maximum atomic E-state index is 12.6. The summed E-state index contributed by atoms with van der Waals surface area (Å²) in [6, 6.07) is -1.47. The second kappa shape index (κ2) is 38.0. The molecule has 52 heavy (non-hydrogen) atoms. The van der Waals surface area contributed by atoms with Gasteiger partial charge in [0.1, 0.15) is 12.1 Å². The van der Waals surface area contributed by atoms with E-state index in [1.807, 2.05) is 0 Å². The van der Waals surface area contributed by atoms with Crippen molar-refractivity contribution in [3.05, 3.63) is 12.2 Å². The molecule has 308 valence electrons. The van der Waals surface area contributed by atoms with E-state index < -0.39 is 45.1 Å². The number of phosphoric acid groups is 1. The highest BCUT2D eigenvalue weighted by Gasteiger charge is 2.27. The van der Waals surface area contributed by atoms with Crippen LogP contribution >= 0.6 is 7.82 Å². The molecular weight excluding hydrogens is 681 g/mol. The smallest absolute Gasteiger partial charge is 0.472 e. The van der Waals surface area contributed by atoms with Crippen LogP contribution < -0.4 is 5.73 Å². The zero-order chi connectivity index (χ0) is 38.4. The quantitative estimate of drug-likeness (QED) is 0.0237. The summed E-state index contributed by atoms with van der Waals surface area (Å²) in [5, 5.41) is 8.88. The topological polar surface area (TPSA) is 155 Å². The molecule has 3 atom stereocenters. The lowest BCUT2D eigenvalue weighted by molar-refractivity contribution is -0.154. The maximum Gasteiger partial charge on any atom is 0.472 e. The van der Waals surface area contributed by atoms with Crippen LogP contribution in [0.2, 0.25) is 0 Å². The van der Waals surface area contributed by atoms with E-state index in [4.69, 9.17) is 29.4 Å². The number of carboxylic acid groups (broad SMARTS) is 1. The van der Waals surface area contributed by atoms with Crippen LogP contribution in [0.1, 0.15) is 200 Å². The Kier molecular flexibility index (Phi) is 37.1. The third kappa shape index (κ3) is 37.0. The number of hydrogen-bond donors (Lipinski definition) is 3. The van der Waals surface area contributed by atoms with Gasteiger partial charge < -0.3 is 25.2 Å². The molecule has 0 saturated heterocycles. The average molecular weight is 762 g/mol. The first-order chi connectivity index (χ1) is 25.2. The molecule has 4 N–H and O–H groups in total. The molecule has 0 bridgehead atoms. The average Bonchev–Trinajstić information content (AvgIpc) is 3.12. The molecule has 10 nitrogen and oxygen atoms in total. The van der Waals surface area contributed by atoms with Gasteiger partial charge in [-0.3, -0.25) is 18.6 Å². The van der Waals surface area contributed by atoms with Crippen LogP contribution in [0, 0.1) is 0 Å². The third-order valence-electron chi connectivity index (χ3n) is 9.29. The summed E-state index contributed by atoms with van der Waals surface area (Å²) in [5.41, 5.74) is 5.35. The number of aliphatic carboxylic acids is 1. The summed E-state index contributed by atoms with van der Waals surface area (Å²) in [6.07, 6.45) is 38.3. The number of rotatable bonds is 41. The maximum absolute atomic E-state index is 12.6. The van der Waals surface area contributed by atoms with Crippen molar-refractivity contribution in [3.8, 4) is 0 Å². The van der Waals surface area contributed by atoms with Gasteiger partial charge >= 0.3 is 19.8 Å². The first-order valence-corrected chi connectivity index (χ1v) is 22.7. The molecule has 0 aliphatic carbocycles. The number of carbonyl (C=O) groups is 2. The van der Waals surface area contributed by atoms with E-state index in [1.54, 1.807) is 0 Å². The number of carboxylic acids is 1. The number of allylic oxidation sites excluding steroid dienone is 2. The minimum atomic E-state index is -4.61. The lowest BCUT2D eigenvalue weighted by Gasteiger charge is -2.20. The van der Waals surface area contributed by atoms with Gasteiger partial charge in [-0.15, -0.1) is 0 Å². The summed E-state index contributed by atoms with van der Waals surface area (Å²) in [4.78, 5) is 33.5. The normalized spacial score (nSPS) is 14.1. The number of ether oxygens (including phenoxy) is 2. The van der Waals surface area contributed by atoms with E-state index in [0.717, 1.165) is 51.4 Å². The van der Waals surface area contributed by atoms with Crippen molar-refractivity contribution in [3.63, 3.8) is 0 Å². The number of carbonyl (C=O) groups excluding carboxylic acids is 1. The molecule has 0 heterocycles. The van der Waals surface area contributed by atoms with Crippen LogP contribution in [0.3, 0.4) is 0 Å². The van der Waals surface area contributed by atoms with Gasteiger partial charge in [0.05, 0.1) is 19.8 Å². The molecular formula is C41H80NO9P. The van der Waals surface area contributed by atoms with Crippen LogP contribution in [-0.2, 0) is 32.7 Å². The fourth-order valence-corrected chi connectivity index (χ4v) is 6.73. The van der Waals surface area contributed by atoms with Crippen molar-refractivity contribution in [1.29, 1.82) is 0 Å². The first-order valence-electron chi connectivity index (χ1n) is 21.2. The Morgan fingerprint density at radius 3 is 1.48 bits per heavy atom. The van der Waals surface area contributed by atoms with Crippen LogP contribution in [0.5, 0.6) is 0 Å². The Balaban J connectivity index is 4.21. The van der Waals surface area contributed by atoms with Crippen molar-refractivity contribution in [1.82, 2.24) is 0 Å². The molecule has 3 unspecified atom stereocenters. The molecule has 0 aliphatic rings. The highest BCUT2D eigenvalue weighted by molar-refractivity contribution is 7.47. The number of unbranched alkanes of at least 4 members (excludes halogenated alkanes) is 25. The third-order valence-corrected chi connectivity index (χ3v) is 10.2. The molecule has 0 aromatic heterocycles. The Morgan fingerprint density at radius 1 is 0.596 bits per heavy atom. The van der Waals surface area contributed by atoms with E-state index in [-0.39, 0.29) is 13.0 Å². The van der Waals surface area contributed by atoms with Crippen LogP contribution in [0.4, 0.5) is 0 Å². The Bertz CT molecular complexity index is 888. The molecule has 0 rings (SSSR count). The second-order valence-corrected chi connectivity index (χ2v) is 15.9. The van der Waals surface area contributed by atoms with E-state index in [9.17, 15) is 19.0 Å². The minimum absolute atomic E-state index is 0.0192. The fraction of sp³-hybridized carbons (Fsp3) is 0.902. The standard InChI is InChI=1S/C41H80NO9P/c1-3-5-7-9-11-13-15-17-18-19-20-22-24-26-28-30-32-34-48-35-38(36-49-52(46,47)50-37-39(42)41(44)45)51-40(43)33-31-29-27-25-23-21-16-14-12-10-8-6-4-2/h14,16,38-39H,3-13,15,17-37,42H2,1-2H3,(H,44,45)(H,46,47)/b16-14-. The molecule has 0 aliphatic heterocycles. The minimum Gasteiger partial charge on any atom is -0.480 e. The zero-order valence-corrected chi connectivity index (χ0v) is 34.3. The molecule has 0 radical (unpaired) electrons. The number of phosphoric ester groups is 1. The zero-order valence-electron chi connectivity index (χ0n) is 33.4. The summed E-state index contributed by atoms with van der Waals surface area (Å²) in [5.74, 6) is -1.78. The monoisotopic (exact) mass is 762 g/mol. The van der Waals surface area contributed by atoms with E-state index in [1.165, 1.54) is 122 Å². The molecule has 0 aromatic rings. The molecule has 11 heteroatoms. The molecule has 0 fully saturated rings. The summed E-state index contributed by atoms with van der Waals surface area (Å²) in [7, 11) is -4.61. The van der Waals surface area contributed by atoms with Gasteiger partial charge in [-0.25, -0.2) is 4.57 Å². The van der Waals surface area contributed by atoms with Gasteiger partial charge in [-0.2, -0.15) is 0 Å². The van der Waals surface area contributed by atoms with E-state index in [0.29, 0.717) is 13.0 Å². The SMILES string of the molecule is CCCCCC/C=C\CCCCCCCC(=O)OC(COCCCCCCCCCCCCCCCCCCC)COP(=O)(O)OCC(N)C(=O)O. The first kappa shape index (κ1) is 50.7. The Morgan fingerprint density at radius 2 is 1.00 bits per heavy atom. The van der Waals surface area contributed by atoms with Crippen molar-refractivity contribution >= 4 is 19.8 Å². The molecule has 0 aromatic carbocycles. The highest BCUT2D eigenvalue weighted by atomic mass is 31.2. The van der Waals surface area contributed by atoms with Crippen molar-refractivity contribution in [2.75, 3.05) is 26.4 Å². The highest BCUT2D eigenvalue weighted by Crippen LogP contribution is 2.43. The van der Waals surface area contributed by atoms with Gasteiger partial charge in [0, 0.05) is 13.0 Å².